The Morgan fingerprint density at radius 1 is 0.186 bits per heavy atom. The maximum atomic E-state index is 13.0. The number of carbonyl (C=O) groups excluding carboxylic acids is 8. The van der Waals surface area contributed by atoms with Gasteiger partial charge in [-0.25, -0.2) is 0 Å². The van der Waals surface area contributed by atoms with Crippen LogP contribution in [0, 0.1) is 10.8 Å². The fraction of sp³-hybridized carbons (Fsp3) is 0.840. The average Bonchev–Trinajstić information content (AvgIpc) is 0.858. The largest absolute Gasteiger partial charge is 0.465 e. The second-order valence-corrected chi connectivity index (χ2v) is 34.2. The molecule has 0 bridgehead atoms. The molecule has 0 amide bonds. The van der Waals surface area contributed by atoms with Crippen molar-refractivity contribution in [1.29, 1.82) is 0 Å². The summed E-state index contributed by atoms with van der Waals surface area (Å²) in [6.07, 6.45) is 78.2. The number of rotatable bonds is 86. The molecule has 688 valence electrons. The van der Waals surface area contributed by atoms with E-state index in [1.165, 1.54) is 109 Å². The molecule has 118 heavy (non-hydrogen) atoms. The molecule has 0 N–H and O–H groups in total. The first kappa shape index (κ1) is 115. The van der Waals surface area contributed by atoms with Crippen LogP contribution >= 0.6 is 0 Å². The first-order valence-electron chi connectivity index (χ1n) is 48.5. The van der Waals surface area contributed by atoms with Crippen molar-refractivity contribution in [2.45, 2.75) is 440 Å². The number of hydrogen-bond donors (Lipinski definition) is 0. The minimum absolute atomic E-state index is 0.186. The third-order valence-electron chi connectivity index (χ3n) is 21.3. The molecule has 0 spiro atoms. The highest BCUT2D eigenvalue weighted by atomic mass is 16.6. The van der Waals surface area contributed by atoms with Crippen molar-refractivity contribution in [3.63, 3.8) is 0 Å². The molecule has 18 heteroatoms. The maximum absolute atomic E-state index is 13.0. The summed E-state index contributed by atoms with van der Waals surface area (Å²) in [5, 5.41) is 0. The molecule has 0 atom stereocenters. The number of unbranched alkanes of at least 4 members (excludes halogenated alkanes) is 42. The number of carbonyl (C=O) groups is 8. The summed E-state index contributed by atoms with van der Waals surface area (Å²) in [5.74, 6) is -2.96. The van der Waals surface area contributed by atoms with Gasteiger partial charge in [0.1, 0.15) is 63.7 Å². The van der Waals surface area contributed by atoms with Gasteiger partial charge in [-0.05, 0) is 170 Å². The molecular weight excluding hydrogens is 1490 g/mol. The van der Waals surface area contributed by atoms with E-state index < -0.39 is 22.8 Å². The SMILES string of the molecule is CCCC/C=C\CCCCCCCC(=O)OCC(COC(=O)CCCCCCC/C=C\CCCC)(COC(=O)CCCCCCCCC)COC(=O)CCCN(C)C.CCCC/C=C\CCCCCCCC(=O)OCC(COC(=O)CCCCCCC/C=C\CCCC)(COC(=O)CCCCCCCCCCC)COC(=O)CCCN(C)C. The van der Waals surface area contributed by atoms with Crippen molar-refractivity contribution in [3.05, 3.63) is 48.6 Å². The Morgan fingerprint density at radius 2 is 0.322 bits per heavy atom. The number of hydrogen-bond acceptors (Lipinski definition) is 18. The summed E-state index contributed by atoms with van der Waals surface area (Å²) in [5.41, 5.74) is -2.43. The first-order chi connectivity index (χ1) is 57.3. The van der Waals surface area contributed by atoms with Crippen LogP contribution in [0.5, 0.6) is 0 Å². The Balaban J connectivity index is 0. The molecule has 0 aliphatic heterocycles. The zero-order valence-corrected chi connectivity index (χ0v) is 78.0. The Hall–Kier alpha value is -5.36. The van der Waals surface area contributed by atoms with Crippen molar-refractivity contribution in [2.24, 2.45) is 10.8 Å². The third kappa shape index (κ3) is 82.9. The highest BCUT2D eigenvalue weighted by Gasteiger charge is 2.39. The van der Waals surface area contributed by atoms with E-state index in [9.17, 15) is 38.4 Å². The topological polar surface area (TPSA) is 217 Å². The summed E-state index contributed by atoms with van der Waals surface area (Å²) >= 11 is 0. The molecule has 0 fully saturated rings. The number of ether oxygens (including phenoxy) is 8. The van der Waals surface area contributed by atoms with Crippen molar-refractivity contribution in [1.82, 2.24) is 9.80 Å². The van der Waals surface area contributed by atoms with Crippen LogP contribution in [0.1, 0.15) is 440 Å². The quantitative estimate of drug-likeness (QED) is 0.0239. The third-order valence-corrected chi connectivity index (χ3v) is 21.3. The minimum Gasteiger partial charge on any atom is -0.465 e. The second kappa shape index (κ2) is 88.0. The predicted molar refractivity (Wildman–Crippen MR) is 487 cm³/mol. The summed E-state index contributed by atoms with van der Waals surface area (Å²) in [6, 6.07) is 0. The molecule has 0 aromatic carbocycles. The van der Waals surface area contributed by atoms with E-state index in [-0.39, 0.29) is 140 Å². The van der Waals surface area contributed by atoms with Crippen molar-refractivity contribution in [3.8, 4) is 0 Å². The van der Waals surface area contributed by atoms with Crippen LogP contribution in [0.25, 0.3) is 0 Å². The van der Waals surface area contributed by atoms with Gasteiger partial charge in [-0.1, -0.05) is 308 Å². The zero-order chi connectivity index (χ0) is 87.0. The van der Waals surface area contributed by atoms with Crippen LogP contribution in [-0.4, -0.2) is 152 Å². The van der Waals surface area contributed by atoms with Crippen LogP contribution in [-0.2, 0) is 76.3 Å². The first-order valence-corrected chi connectivity index (χ1v) is 48.5. The Labute approximate surface area is 723 Å². The molecule has 0 rings (SSSR count). The summed E-state index contributed by atoms with van der Waals surface area (Å²) in [6.45, 7) is 13.2. The predicted octanol–water partition coefficient (Wildman–Crippen LogP) is 25.9. The molecule has 0 heterocycles. The molecule has 0 radical (unpaired) electrons. The number of esters is 8. The Kier molecular flexibility index (Phi) is 85.5. The van der Waals surface area contributed by atoms with Gasteiger partial charge >= 0.3 is 47.8 Å². The van der Waals surface area contributed by atoms with Gasteiger partial charge in [0.15, 0.2) is 0 Å². The van der Waals surface area contributed by atoms with Crippen molar-refractivity contribution >= 4 is 47.8 Å². The minimum atomic E-state index is -1.22. The van der Waals surface area contributed by atoms with Crippen molar-refractivity contribution in [2.75, 3.05) is 94.1 Å². The van der Waals surface area contributed by atoms with Crippen molar-refractivity contribution < 1.29 is 76.3 Å². The molecule has 18 nitrogen and oxygen atoms in total. The van der Waals surface area contributed by atoms with Gasteiger partial charge in [0, 0.05) is 51.4 Å². The van der Waals surface area contributed by atoms with Crippen LogP contribution < -0.4 is 0 Å². The molecule has 0 aliphatic carbocycles. The van der Waals surface area contributed by atoms with Gasteiger partial charge in [0.25, 0.3) is 0 Å². The van der Waals surface area contributed by atoms with E-state index in [0.717, 1.165) is 238 Å². The number of nitrogens with zero attached hydrogens (tertiary/aromatic N) is 2. The lowest BCUT2D eigenvalue weighted by Gasteiger charge is -2.31. The van der Waals surface area contributed by atoms with Crippen LogP contribution in [0.2, 0.25) is 0 Å². The van der Waals surface area contributed by atoms with Gasteiger partial charge in [-0.3, -0.25) is 38.4 Å². The van der Waals surface area contributed by atoms with Crippen LogP contribution in [0.3, 0.4) is 0 Å². The molecule has 0 aliphatic rings. The fourth-order valence-electron chi connectivity index (χ4n) is 13.3. The lowest BCUT2D eigenvalue weighted by Crippen LogP contribution is -2.44. The second-order valence-electron chi connectivity index (χ2n) is 34.2. The van der Waals surface area contributed by atoms with E-state index in [2.05, 4.69) is 90.2 Å². The smallest absolute Gasteiger partial charge is 0.305 e. The van der Waals surface area contributed by atoms with E-state index in [1.54, 1.807) is 0 Å². The molecule has 0 saturated carbocycles. The van der Waals surface area contributed by atoms with Gasteiger partial charge in [0.05, 0.1) is 0 Å². The Bertz CT molecular complexity index is 2380. The lowest BCUT2D eigenvalue weighted by atomic mass is 9.92. The standard InChI is InChI=1S/C51H93NO8.C49H89NO8/c1-6-9-12-15-18-21-23-26-29-32-35-39-48(54)58-44-51(46-60-50(56)41-37-42-52(4)5,43-57-47(53)38-34-31-28-25-20-17-14-11-8-3)45-59-49(55)40-36-33-30-27-24-22-19-16-13-10-7-2;1-6-9-12-15-18-20-22-24-27-30-33-37-46(52)56-42-49(44-58-48(54)39-35-40-50(4)5,41-55-45(51)36-32-29-26-17-14-11-8-3)43-57-47(53)38-34-31-28-25-23-21-19-16-13-10-7-2/h15-16,18-19H,6-14,17,20-46H2,1-5H3;15-16,18-19H,6-14,17,20-44H2,1-5H3/b2*18-15-,19-16-. The fourth-order valence-corrected chi connectivity index (χ4v) is 13.3. The summed E-state index contributed by atoms with van der Waals surface area (Å²) < 4.78 is 46.3. The van der Waals surface area contributed by atoms with Gasteiger partial charge < -0.3 is 47.7 Å². The van der Waals surface area contributed by atoms with Gasteiger partial charge in [-0.2, -0.15) is 0 Å². The lowest BCUT2D eigenvalue weighted by molar-refractivity contribution is -0.174. The Morgan fingerprint density at radius 3 is 0.483 bits per heavy atom. The highest BCUT2D eigenvalue weighted by Crippen LogP contribution is 2.27. The summed E-state index contributed by atoms with van der Waals surface area (Å²) in [7, 11) is 7.79. The number of allylic oxidation sites excluding steroid dienone is 8. The molecule has 0 aromatic rings. The van der Waals surface area contributed by atoms with Gasteiger partial charge in [-0.15, -0.1) is 0 Å². The normalized spacial score (nSPS) is 11.8. The maximum Gasteiger partial charge on any atom is 0.305 e. The van der Waals surface area contributed by atoms with Crippen LogP contribution in [0.4, 0.5) is 0 Å². The molecule has 0 saturated heterocycles. The van der Waals surface area contributed by atoms with E-state index >= 15 is 0 Å². The molecule has 0 unspecified atom stereocenters. The molecule has 0 aromatic heterocycles. The van der Waals surface area contributed by atoms with E-state index in [0.29, 0.717) is 12.8 Å². The highest BCUT2D eigenvalue weighted by molar-refractivity contribution is 5.72. The van der Waals surface area contributed by atoms with E-state index in [1.807, 2.05) is 38.0 Å². The van der Waals surface area contributed by atoms with Crippen LogP contribution in [0.15, 0.2) is 48.6 Å². The average molecular weight is 1670 g/mol. The molecular formula is C100H182N2O16. The van der Waals surface area contributed by atoms with Gasteiger partial charge in [0.2, 0.25) is 0 Å². The van der Waals surface area contributed by atoms with E-state index in [4.69, 9.17) is 37.9 Å². The monoisotopic (exact) mass is 1670 g/mol. The summed E-state index contributed by atoms with van der Waals surface area (Å²) in [4.78, 5) is 108. The zero-order valence-electron chi connectivity index (χ0n) is 78.0.